The number of ketones is 1. The standard InChI is InChI=1S/C28H24N4O3S/c1-17-13-19(3)23(14-18(17)2)24(33)16-36-28-30-29-26(35-28)25-21-11-7-8-12-22(21)27(34)32(31-25)15-20-9-5-4-6-10-20/h4-14H,15-16H2,1-3H3. The fraction of sp³-hybridized carbons (Fsp3) is 0.179. The molecule has 7 nitrogen and oxygen atoms in total. The monoisotopic (exact) mass is 496 g/mol. The molecular weight excluding hydrogens is 472 g/mol. The Balaban J connectivity index is 1.43. The molecule has 0 aliphatic carbocycles. The van der Waals surface area contributed by atoms with Crippen LogP contribution in [0, 0.1) is 20.8 Å². The lowest BCUT2D eigenvalue weighted by Crippen LogP contribution is -2.24. The van der Waals surface area contributed by atoms with Crippen molar-refractivity contribution in [2.75, 3.05) is 5.75 Å². The van der Waals surface area contributed by atoms with E-state index in [0.717, 1.165) is 22.3 Å². The molecular formula is C28H24N4O3S. The molecule has 3 aromatic carbocycles. The molecule has 5 aromatic rings. The van der Waals surface area contributed by atoms with Gasteiger partial charge in [0, 0.05) is 10.9 Å². The van der Waals surface area contributed by atoms with Crippen molar-refractivity contribution in [1.29, 1.82) is 0 Å². The number of carbonyl (C=O) groups excluding carboxylic acids is 1. The van der Waals surface area contributed by atoms with Crippen LogP contribution in [0.4, 0.5) is 0 Å². The third-order valence-electron chi connectivity index (χ3n) is 6.12. The first-order valence-electron chi connectivity index (χ1n) is 11.5. The number of hydrogen-bond acceptors (Lipinski definition) is 7. The molecule has 0 atom stereocenters. The second-order valence-corrected chi connectivity index (χ2v) is 9.61. The number of carbonyl (C=O) groups is 1. The van der Waals surface area contributed by atoms with Crippen molar-refractivity contribution in [3.63, 3.8) is 0 Å². The van der Waals surface area contributed by atoms with Gasteiger partial charge < -0.3 is 4.42 Å². The molecule has 0 fully saturated rings. The van der Waals surface area contributed by atoms with Gasteiger partial charge in [-0.15, -0.1) is 10.2 Å². The van der Waals surface area contributed by atoms with Crippen molar-refractivity contribution in [3.8, 4) is 11.6 Å². The van der Waals surface area contributed by atoms with Crippen molar-refractivity contribution in [2.24, 2.45) is 0 Å². The largest absolute Gasteiger partial charge is 0.409 e. The van der Waals surface area contributed by atoms with Gasteiger partial charge in [-0.25, -0.2) is 4.68 Å². The number of benzene rings is 3. The maximum absolute atomic E-state index is 13.1. The normalized spacial score (nSPS) is 11.2. The summed E-state index contributed by atoms with van der Waals surface area (Å²) in [5, 5.41) is 14.3. The van der Waals surface area contributed by atoms with Gasteiger partial charge in [0.2, 0.25) is 0 Å². The van der Waals surface area contributed by atoms with Crippen molar-refractivity contribution in [2.45, 2.75) is 32.5 Å². The molecule has 5 rings (SSSR count). The molecule has 0 radical (unpaired) electrons. The molecule has 0 saturated carbocycles. The molecule has 0 bridgehead atoms. The van der Waals surface area contributed by atoms with Gasteiger partial charge in [-0.3, -0.25) is 9.59 Å². The van der Waals surface area contributed by atoms with Crippen LogP contribution in [0.5, 0.6) is 0 Å². The molecule has 2 aromatic heterocycles. The Kier molecular flexibility index (Phi) is 6.52. The van der Waals surface area contributed by atoms with Crippen LogP contribution in [0.3, 0.4) is 0 Å². The fourth-order valence-electron chi connectivity index (χ4n) is 4.09. The number of Topliss-reactive ketones (excluding diaryl/α,β-unsaturated/α-hetero) is 1. The molecule has 0 aliphatic rings. The first-order chi connectivity index (χ1) is 17.4. The van der Waals surface area contributed by atoms with Crippen LogP contribution >= 0.6 is 11.8 Å². The number of thioether (sulfide) groups is 1. The highest BCUT2D eigenvalue weighted by atomic mass is 32.2. The van der Waals surface area contributed by atoms with Gasteiger partial charge in [-0.05, 0) is 55.2 Å². The van der Waals surface area contributed by atoms with Crippen LogP contribution in [0.15, 0.2) is 81.2 Å². The van der Waals surface area contributed by atoms with E-state index in [0.29, 0.717) is 28.6 Å². The Morgan fingerprint density at radius 1 is 0.889 bits per heavy atom. The minimum atomic E-state index is -0.193. The predicted octanol–water partition coefficient (Wildman–Crippen LogP) is 5.40. The summed E-state index contributed by atoms with van der Waals surface area (Å²) in [4.78, 5) is 25.9. The molecule has 0 saturated heterocycles. The van der Waals surface area contributed by atoms with Gasteiger partial charge in [0.25, 0.3) is 16.7 Å². The predicted molar refractivity (Wildman–Crippen MR) is 141 cm³/mol. The average Bonchev–Trinajstić information content (AvgIpc) is 3.36. The van der Waals surface area contributed by atoms with Gasteiger partial charge >= 0.3 is 0 Å². The van der Waals surface area contributed by atoms with Crippen LogP contribution in [0.1, 0.15) is 32.6 Å². The Morgan fingerprint density at radius 2 is 1.58 bits per heavy atom. The lowest BCUT2D eigenvalue weighted by Gasteiger charge is -2.09. The summed E-state index contributed by atoms with van der Waals surface area (Å²) in [5.74, 6) is 0.373. The number of rotatable bonds is 7. The first-order valence-corrected chi connectivity index (χ1v) is 12.5. The maximum atomic E-state index is 13.1. The first kappa shape index (κ1) is 23.7. The van der Waals surface area contributed by atoms with E-state index < -0.39 is 0 Å². The summed E-state index contributed by atoms with van der Waals surface area (Å²) in [6.45, 7) is 6.29. The van der Waals surface area contributed by atoms with E-state index in [4.69, 9.17) is 4.42 Å². The summed E-state index contributed by atoms with van der Waals surface area (Å²) in [7, 11) is 0. The zero-order chi connectivity index (χ0) is 25.2. The van der Waals surface area contributed by atoms with Crippen LogP contribution in [-0.2, 0) is 6.54 Å². The molecule has 0 aliphatic heterocycles. The topological polar surface area (TPSA) is 90.9 Å². The van der Waals surface area contributed by atoms with Crippen molar-refractivity contribution in [3.05, 3.63) is 105 Å². The zero-order valence-corrected chi connectivity index (χ0v) is 21.0. The highest BCUT2D eigenvalue weighted by Crippen LogP contribution is 2.27. The van der Waals surface area contributed by atoms with Crippen LogP contribution < -0.4 is 5.56 Å². The van der Waals surface area contributed by atoms with Gasteiger partial charge in [-0.2, -0.15) is 5.10 Å². The maximum Gasteiger partial charge on any atom is 0.277 e. The summed E-state index contributed by atoms with van der Waals surface area (Å²) in [6.07, 6.45) is 0. The Bertz CT molecular complexity index is 1640. The minimum absolute atomic E-state index is 0.000311. The number of fused-ring (bicyclic) bond motifs is 1. The van der Waals surface area contributed by atoms with Gasteiger partial charge in [0.1, 0.15) is 0 Å². The van der Waals surface area contributed by atoms with E-state index in [1.165, 1.54) is 16.4 Å². The number of hydrogen-bond donors (Lipinski definition) is 0. The molecule has 0 spiro atoms. The highest BCUT2D eigenvalue weighted by molar-refractivity contribution is 7.99. The molecule has 0 N–H and O–H groups in total. The molecule has 8 heteroatoms. The summed E-state index contributed by atoms with van der Waals surface area (Å²) in [6, 6.07) is 20.8. The summed E-state index contributed by atoms with van der Waals surface area (Å²) in [5.41, 5.74) is 5.08. The average molecular weight is 497 g/mol. The van der Waals surface area contributed by atoms with E-state index in [2.05, 4.69) is 15.3 Å². The van der Waals surface area contributed by atoms with Crippen molar-refractivity contribution in [1.82, 2.24) is 20.0 Å². The van der Waals surface area contributed by atoms with Crippen molar-refractivity contribution < 1.29 is 9.21 Å². The van der Waals surface area contributed by atoms with E-state index in [1.54, 1.807) is 6.07 Å². The fourth-order valence-corrected chi connectivity index (χ4v) is 4.73. The van der Waals surface area contributed by atoms with Gasteiger partial charge in [0.05, 0.1) is 17.7 Å². The number of nitrogens with zero attached hydrogens (tertiary/aromatic N) is 4. The highest BCUT2D eigenvalue weighted by Gasteiger charge is 2.19. The van der Waals surface area contributed by atoms with E-state index >= 15 is 0 Å². The van der Waals surface area contributed by atoms with Crippen LogP contribution in [-0.4, -0.2) is 31.5 Å². The minimum Gasteiger partial charge on any atom is -0.409 e. The smallest absolute Gasteiger partial charge is 0.277 e. The Labute approximate surface area is 212 Å². The summed E-state index contributed by atoms with van der Waals surface area (Å²) >= 11 is 1.19. The second kappa shape index (κ2) is 9.91. The third-order valence-corrected chi connectivity index (χ3v) is 6.94. The quantitative estimate of drug-likeness (QED) is 0.220. The van der Waals surface area contributed by atoms with Gasteiger partial charge in [-0.1, -0.05) is 66.4 Å². The van der Waals surface area contributed by atoms with Crippen molar-refractivity contribution >= 4 is 28.3 Å². The van der Waals surface area contributed by atoms with E-state index in [-0.39, 0.29) is 28.2 Å². The van der Waals surface area contributed by atoms with E-state index in [1.807, 2.05) is 81.4 Å². The van der Waals surface area contributed by atoms with Crippen LogP contribution in [0.2, 0.25) is 0 Å². The molecule has 0 unspecified atom stereocenters. The van der Waals surface area contributed by atoms with Gasteiger partial charge in [0.15, 0.2) is 11.5 Å². The lowest BCUT2D eigenvalue weighted by atomic mass is 9.99. The number of aryl methyl sites for hydroxylation is 3. The lowest BCUT2D eigenvalue weighted by molar-refractivity contribution is 0.102. The molecule has 36 heavy (non-hydrogen) atoms. The summed E-state index contributed by atoms with van der Waals surface area (Å²) < 4.78 is 7.31. The van der Waals surface area contributed by atoms with E-state index in [9.17, 15) is 9.59 Å². The number of aromatic nitrogens is 4. The molecule has 2 heterocycles. The second-order valence-electron chi connectivity index (χ2n) is 8.68. The Hall–Kier alpha value is -4.04. The zero-order valence-electron chi connectivity index (χ0n) is 20.2. The SMILES string of the molecule is Cc1cc(C)c(C(=O)CSc2nnc(-c3nn(Cc4ccccc4)c(=O)c4ccccc34)o2)cc1C. The molecule has 180 valence electrons. The molecule has 0 amide bonds. The Morgan fingerprint density at radius 3 is 2.36 bits per heavy atom. The van der Waals surface area contributed by atoms with Crippen LogP contribution in [0.25, 0.3) is 22.4 Å². The third kappa shape index (κ3) is 4.72.